The molecule has 0 aliphatic carbocycles. The molecule has 1 atom stereocenters. The second-order valence-electron chi connectivity index (χ2n) is 3.84. The Bertz CT molecular complexity index is 183. The Labute approximate surface area is 73.7 Å². The van der Waals surface area contributed by atoms with E-state index >= 15 is 0 Å². The van der Waals surface area contributed by atoms with Crippen molar-refractivity contribution in [3.63, 3.8) is 0 Å². The first-order valence-corrected chi connectivity index (χ1v) is 4.38. The van der Waals surface area contributed by atoms with Gasteiger partial charge in [0.15, 0.2) is 0 Å². The molecule has 1 aliphatic rings. The van der Waals surface area contributed by atoms with Crippen LogP contribution in [-0.2, 0) is 4.74 Å². The minimum atomic E-state index is -0.0224. The lowest BCUT2D eigenvalue weighted by Gasteiger charge is -2.35. The zero-order valence-corrected chi connectivity index (χ0v) is 7.76. The molecule has 1 unspecified atom stereocenters. The number of nitrogens with zero attached hydrogens (tertiary/aromatic N) is 1. The first-order chi connectivity index (χ1) is 5.64. The van der Waals surface area contributed by atoms with Crippen molar-refractivity contribution in [1.82, 2.24) is 5.32 Å². The van der Waals surface area contributed by atoms with Crippen LogP contribution in [0.1, 0.15) is 26.7 Å². The maximum absolute atomic E-state index is 8.38. The molecule has 3 nitrogen and oxygen atoms in total. The van der Waals surface area contributed by atoms with Crippen LogP contribution < -0.4 is 5.32 Å². The highest BCUT2D eigenvalue weighted by Crippen LogP contribution is 2.23. The predicted octanol–water partition coefficient (Wildman–Crippen LogP) is 1.06. The summed E-state index contributed by atoms with van der Waals surface area (Å²) in [6.07, 6.45) is 2.01. The van der Waals surface area contributed by atoms with E-state index in [1.54, 1.807) is 0 Å². The smallest absolute Gasteiger partial charge is 0.0843 e. The average Bonchev–Trinajstić information content (AvgIpc) is 1.99. The maximum Gasteiger partial charge on any atom is 0.0843 e. The Hall–Kier alpha value is -0.590. The van der Waals surface area contributed by atoms with Crippen molar-refractivity contribution in [2.24, 2.45) is 0 Å². The Morgan fingerprint density at radius 2 is 2.42 bits per heavy atom. The maximum atomic E-state index is 8.38. The summed E-state index contributed by atoms with van der Waals surface area (Å²) in [7, 11) is 0. The van der Waals surface area contributed by atoms with E-state index in [0.717, 1.165) is 19.4 Å². The molecule has 0 aromatic heterocycles. The third-order valence-electron chi connectivity index (χ3n) is 2.17. The lowest BCUT2D eigenvalue weighted by molar-refractivity contribution is -0.0623. The van der Waals surface area contributed by atoms with E-state index in [0.29, 0.717) is 12.6 Å². The van der Waals surface area contributed by atoms with Crippen molar-refractivity contribution < 1.29 is 4.74 Å². The summed E-state index contributed by atoms with van der Waals surface area (Å²) in [5.74, 6) is 0. The van der Waals surface area contributed by atoms with E-state index in [1.165, 1.54) is 0 Å². The zero-order chi connectivity index (χ0) is 9.03. The zero-order valence-electron chi connectivity index (χ0n) is 7.76. The molecular weight excluding hydrogens is 152 g/mol. The van der Waals surface area contributed by atoms with Gasteiger partial charge in [0.2, 0.25) is 0 Å². The van der Waals surface area contributed by atoms with Crippen LogP contribution in [0.5, 0.6) is 0 Å². The van der Waals surface area contributed by atoms with Gasteiger partial charge in [0.25, 0.3) is 0 Å². The van der Waals surface area contributed by atoms with Gasteiger partial charge in [-0.15, -0.1) is 0 Å². The minimum absolute atomic E-state index is 0.0224. The monoisotopic (exact) mass is 168 g/mol. The van der Waals surface area contributed by atoms with Gasteiger partial charge in [0.05, 0.1) is 18.2 Å². The Balaban J connectivity index is 2.32. The van der Waals surface area contributed by atoms with Crippen LogP contribution in [0.3, 0.4) is 0 Å². The minimum Gasteiger partial charge on any atom is -0.375 e. The van der Waals surface area contributed by atoms with Crippen molar-refractivity contribution in [3.05, 3.63) is 0 Å². The quantitative estimate of drug-likeness (QED) is 0.627. The normalized spacial score (nSPS) is 27.9. The fraction of sp³-hybridized carbons (Fsp3) is 0.889. The molecule has 0 aromatic rings. The van der Waals surface area contributed by atoms with Crippen molar-refractivity contribution in [2.75, 3.05) is 13.2 Å². The topological polar surface area (TPSA) is 45.0 Å². The summed E-state index contributed by atoms with van der Waals surface area (Å²) in [6.45, 7) is 5.43. The molecule has 68 valence electrons. The molecule has 0 amide bonds. The highest BCUT2D eigenvalue weighted by molar-refractivity contribution is 4.85. The molecule has 1 heterocycles. The Morgan fingerprint density at radius 3 is 3.00 bits per heavy atom. The molecule has 0 radical (unpaired) electrons. The summed E-state index contributed by atoms with van der Waals surface area (Å²) in [6, 6.07) is 2.54. The highest BCUT2D eigenvalue weighted by Gasteiger charge is 2.28. The molecule has 1 fully saturated rings. The van der Waals surface area contributed by atoms with E-state index in [9.17, 15) is 0 Å². The molecule has 0 saturated carbocycles. The first kappa shape index (κ1) is 9.50. The summed E-state index contributed by atoms with van der Waals surface area (Å²) in [5.41, 5.74) is -0.0224. The van der Waals surface area contributed by atoms with Crippen molar-refractivity contribution >= 4 is 0 Å². The number of hydrogen-bond acceptors (Lipinski definition) is 3. The lowest BCUT2D eigenvalue weighted by atomic mass is 9.94. The number of ether oxygens (including phenoxy) is 1. The number of rotatable bonds is 2. The molecule has 1 saturated heterocycles. The third kappa shape index (κ3) is 2.80. The van der Waals surface area contributed by atoms with E-state index in [1.807, 2.05) is 0 Å². The summed E-state index contributed by atoms with van der Waals surface area (Å²) in [5, 5.41) is 11.6. The van der Waals surface area contributed by atoms with Crippen molar-refractivity contribution in [3.8, 4) is 6.07 Å². The molecule has 1 rings (SSSR count). The largest absolute Gasteiger partial charge is 0.375 e. The van der Waals surface area contributed by atoms with Crippen molar-refractivity contribution in [2.45, 2.75) is 38.3 Å². The second kappa shape index (κ2) is 3.88. The SMILES string of the molecule is CC1(C)CC(NCC#N)CCO1. The molecular formula is C9H16N2O. The van der Waals surface area contributed by atoms with Crippen molar-refractivity contribution in [1.29, 1.82) is 5.26 Å². The molecule has 12 heavy (non-hydrogen) atoms. The lowest BCUT2D eigenvalue weighted by Crippen LogP contribution is -2.43. The molecule has 0 aromatic carbocycles. The summed E-state index contributed by atoms with van der Waals surface area (Å²) in [4.78, 5) is 0. The second-order valence-corrected chi connectivity index (χ2v) is 3.84. The van der Waals surface area contributed by atoms with Gasteiger partial charge in [0, 0.05) is 12.6 Å². The first-order valence-electron chi connectivity index (χ1n) is 4.38. The van der Waals surface area contributed by atoms with E-state index in [4.69, 9.17) is 10.00 Å². The Kier molecular flexibility index (Phi) is 3.07. The van der Waals surface area contributed by atoms with Crippen LogP contribution in [0.2, 0.25) is 0 Å². The number of hydrogen-bond donors (Lipinski definition) is 1. The van der Waals surface area contributed by atoms with Crippen LogP contribution in [0.4, 0.5) is 0 Å². The number of nitrogens with one attached hydrogen (secondary N) is 1. The third-order valence-corrected chi connectivity index (χ3v) is 2.17. The van der Waals surface area contributed by atoms with Gasteiger partial charge in [0.1, 0.15) is 0 Å². The van der Waals surface area contributed by atoms with Gasteiger partial charge in [-0.2, -0.15) is 5.26 Å². The summed E-state index contributed by atoms with van der Waals surface area (Å²) >= 11 is 0. The van der Waals surface area contributed by atoms with Gasteiger partial charge in [-0.25, -0.2) is 0 Å². The average molecular weight is 168 g/mol. The van der Waals surface area contributed by atoms with E-state index in [-0.39, 0.29) is 5.60 Å². The standard InChI is InChI=1S/C9H16N2O/c1-9(2)7-8(3-6-12-9)11-5-4-10/h8,11H,3,5-7H2,1-2H3. The number of nitriles is 1. The van der Waals surface area contributed by atoms with Gasteiger partial charge in [-0.1, -0.05) is 0 Å². The van der Waals surface area contributed by atoms with Gasteiger partial charge < -0.3 is 10.1 Å². The van der Waals surface area contributed by atoms with Gasteiger partial charge in [-0.05, 0) is 26.7 Å². The molecule has 1 aliphatic heterocycles. The van der Waals surface area contributed by atoms with E-state index in [2.05, 4.69) is 25.2 Å². The fourth-order valence-electron chi connectivity index (χ4n) is 1.60. The highest BCUT2D eigenvalue weighted by atomic mass is 16.5. The molecule has 0 spiro atoms. The Morgan fingerprint density at radius 1 is 1.67 bits per heavy atom. The predicted molar refractivity (Wildman–Crippen MR) is 46.7 cm³/mol. The molecule has 1 N–H and O–H groups in total. The molecule has 3 heteroatoms. The van der Waals surface area contributed by atoms with E-state index < -0.39 is 0 Å². The van der Waals surface area contributed by atoms with Crippen LogP contribution in [0, 0.1) is 11.3 Å². The fourth-order valence-corrected chi connectivity index (χ4v) is 1.60. The van der Waals surface area contributed by atoms with Crippen LogP contribution in [0.15, 0.2) is 0 Å². The van der Waals surface area contributed by atoms with Crippen LogP contribution >= 0.6 is 0 Å². The van der Waals surface area contributed by atoms with Crippen LogP contribution in [0.25, 0.3) is 0 Å². The summed E-state index contributed by atoms with van der Waals surface area (Å²) < 4.78 is 5.55. The van der Waals surface area contributed by atoms with Gasteiger partial charge >= 0.3 is 0 Å². The molecule has 0 bridgehead atoms. The van der Waals surface area contributed by atoms with Crippen LogP contribution in [-0.4, -0.2) is 24.8 Å². The van der Waals surface area contributed by atoms with Gasteiger partial charge in [-0.3, -0.25) is 0 Å².